The van der Waals surface area contributed by atoms with Crippen molar-refractivity contribution < 1.29 is 55.2 Å². The third-order valence-corrected chi connectivity index (χ3v) is 7.16. The topological polar surface area (TPSA) is 146 Å². The van der Waals surface area contributed by atoms with Gasteiger partial charge in [-0.1, -0.05) is 25.6 Å². The Balaban J connectivity index is 1.83. The molecule has 1 saturated heterocycles. The number of hydrogen-bond acceptors (Lipinski definition) is 10. The number of rotatable bonds is 11. The second-order valence-corrected chi connectivity index (χ2v) is 11.6. The molecule has 38 heavy (non-hydrogen) atoms. The average Bonchev–Trinajstić information content (AvgIpc) is 2.83. The van der Waals surface area contributed by atoms with Gasteiger partial charge < -0.3 is 15.4 Å². The SMILES string of the molecule is CC(=O)SCCNC(=O)CCNC(=O)[C@@H]1OP(=O)(OCOC(=O)c2ccc(C(F)(F)F)cc2)OCC1(C)C. The minimum atomic E-state index is -4.57. The standard InChI is InChI=1S/C22H28F3N2O9PS/c1-14(28)38-11-10-26-17(29)8-9-27-19(30)18-21(2,3)12-34-37(32,36-18)35-13-33-20(31)15-4-6-16(7-5-15)22(23,24)25/h4-7,18H,8-13H2,1-3H3,(H,26,29)(H,27,30)/t18-,37?/m0/s1. The Bertz CT molecular complexity index is 1070. The molecule has 2 rings (SSSR count). The van der Waals surface area contributed by atoms with Crippen molar-refractivity contribution in [3.63, 3.8) is 0 Å². The fourth-order valence-electron chi connectivity index (χ4n) is 2.98. The fraction of sp³-hybridized carbons (Fsp3) is 0.545. The van der Waals surface area contributed by atoms with Gasteiger partial charge in [-0.25, -0.2) is 13.9 Å². The predicted octanol–water partition coefficient (Wildman–Crippen LogP) is 3.29. The number of amides is 2. The van der Waals surface area contributed by atoms with Crippen LogP contribution in [-0.4, -0.2) is 61.2 Å². The molecule has 1 aliphatic heterocycles. The number of carbonyl (C=O) groups excluding carboxylic acids is 4. The van der Waals surface area contributed by atoms with Crippen molar-refractivity contribution >= 4 is 42.5 Å². The van der Waals surface area contributed by atoms with Crippen molar-refractivity contribution in [1.82, 2.24) is 10.6 Å². The second-order valence-electron chi connectivity index (χ2n) is 8.68. The van der Waals surface area contributed by atoms with Gasteiger partial charge in [-0.3, -0.25) is 23.4 Å². The number of alkyl halides is 3. The first-order chi connectivity index (χ1) is 17.6. The van der Waals surface area contributed by atoms with Gasteiger partial charge in [0, 0.05) is 37.6 Å². The maximum Gasteiger partial charge on any atom is 0.478 e. The Morgan fingerprint density at radius 3 is 2.39 bits per heavy atom. The fourth-order valence-corrected chi connectivity index (χ4v) is 4.98. The number of esters is 1. The zero-order valence-electron chi connectivity index (χ0n) is 20.8. The van der Waals surface area contributed by atoms with Crippen molar-refractivity contribution in [1.29, 1.82) is 0 Å². The van der Waals surface area contributed by atoms with Crippen LogP contribution in [0.5, 0.6) is 0 Å². The third-order valence-electron chi connectivity index (χ3n) is 5.01. The summed E-state index contributed by atoms with van der Waals surface area (Å²) in [6.45, 7) is 3.75. The highest BCUT2D eigenvalue weighted by Gasteiger charge is 2.49. The van der Waals surface area contributed by atoms with E-state index in [1.54, 1.807) is 13.8 Å². The molecule has 0 aromatic heterocycles. The van der Waals surface area contributed by atoms with Crippen molar-refractivity contribution in [2.75, 3.05) is 32.2 Å². The van der Waals surface area contributed by atoms with Crippen LogP contribution in [0.25, 0.3) is 0 Å². The van der Waals surface area contributed by atoms with E-state index in [0.717, 1.165) is 23.9 Å². The van der Waals surface area contributed by atoms with Crippen LogP contribution in [0.3, 0.4) is 0 Å². The van der Waals surface area contributed by atoms with Crippen LogP contribution >= 0.6 is 19.6 Å². The molecule has 1 aromatic carbocycles. The van der Waals surface area contributed by atoms with E-state index in [9.17, 15) is 36.9 Å². The normalized spacial score (nSPS) is 20.8. The Morgan fingerprint density at radius 1 is 1.13 bits per heavy atom. The highest BCUT2D eigenvalue weighted by atomic mass is 32.2. The lowest BCUT2D eigenvalue weighted by atomic mass is 9.87. The van der Waals surface area contributed by atoms with Crippen LogP contribution in [0.15, 0.2) is 24.3 Å². The number of phosphoric acid groups is 1. The summed E-state index contributed by atoms with van der Waals surface area (Å²) in [6.07, 6.45) is -5.92. The Hall–Kier alpha value is -2.45. The van der Waals surface area contributed by atoms with E-state index in [1.165, 1.54) is 6.92 Å². The molecule has 0 spiro atoms. The summed E-state index contributed by atoms with van der Waals surface area (Å²) in [7, 11) is -4.35. The molecule has 0 aliphatic carbocycles. The molecule has 1 aromatic rings. The third kappa shape index (κ3) is 10.0. The van der Waals surface area contributed by atoms with Gasteiger partial charge in [0.15, 0.2) is 11.2 Å². The largest absolute Gasteiger partial charge is 0.478 e. The molecule has 0 bridgehead atoms. The maximum absolute atomic E-state index is 12.8. The van der Waals surface area contributed by atoms with E-state index in [1.807, 2.05) is 0 Å². The average molecular weight is 585 g/mol. The van der Waals surface area contributed by atoms with Crippen LogP contribution in [0, 0.1) is 5.41 Å². The lowest BCUT2D eigenvalue weighted by Crippen LogP contribution is -2.50. The molecular formula is C22H28F3N2O9PS. The van der Waals surface area contributed by atoms with Crippen LogP contribution in [0.1, 0.15) is 43.1 Å². The first kappa shape index (κ1) is 31.8. The maximum atomic E-state index is 12.8. The summed E-state index contributed by atoms with van der Waals surface area (Å²) >= 11 is 1.07. The molecule has 2 N–H and O–H groups in total. The summed E-state index contributed by atoms with van der Waals surface area (Å²) in [5, 5.41) is 5.05. The van der Waals surface area contributed by atoms with E-state index in [0.29, 0.717) is 17.9 Å². The van der Waals surface area contributed by atoms with Gasteiger partial charge in [-0.15, -0.1) is 0 Å². The van der Waals surface area contributed by atoms with Crippen molar-refractivity contribution in [3.8, 4) is 0 Å². The molecule has 11 nitrogen and oxygen atoms in total. The highest BCUT2D eigenvalue weighted by Crippen LogP contribution is 2.57. The first-order valence-electron chi connectivity index (χ1n) is 11.2. The lowest BCUT2D eigenvalue weighted by molar-refractivity contribution is -0.143. The molecule has 1 unspecified atom stereocenters. The van der Waals surface area contributed by atoms with E-state index in [2.05, 4.69) is 10.6 Å². The minimum Gasteiger partial charge on any atom is -0.434 e. The monoisotopic (exact) mass is 584 g/mol. The lowest BCUT2D eigenvalue weighted by Gasteiger charge is -2.39. The van der Waals surface area contributed by atoms with E-state index < -0.39 is 49.8 Å². The number of ether oxygens (including phenoxy) is 1. The van der Waals surface area contributed by atoms with Gasteiger partial charge in [0.2, 0.25) is 18.6 Å². The van der Waals surface area contributed by atoms with E-state index >= 15 is 0 Å². The number of thioether (sulfide) groups is 1. The zero-order valence-corrected chi connectivity index (χ0v) is 22.5. The predicted molar refractivity (Wildman–Crippen MR) is 129 cm³/mol. The molecule has 0 saturated carbocycles. The molecule has 16 heteroatoms. The van der Waals surface area contributed by atoms with Crippen molar-refractivity contribution in [3.05, 3.63) is 35.4 Å². The Morgan fingerprint density at radius 2 is 1.79 bits per heavy atom. The smallest absolute Gasteiger partial charge is 0.434 e. The van der Waals surface area contributed by atoms with Crippen LogP contribution in [-0.2, 0) is 43.4 Å². The summed E-state index contributed by atoms with van der Waals surface area (Å²) in [6, 6.07) is 3.23. The van der Waals surface area contributed by atoms with Gasteiger partial charge in [-0.05, 0) is 24.3 Å². The summed E-state index contributed by atoms with van der Waals surface area (Å²) in [4.78, 5) is 47.4. The molecule has 1 heterocycles. The van der Waals surface area contributed by atoms with Crippen LogP contribution in [0.2, 0.25) is 0 Å². The van der Waals surface area contributed by atoms with Gasteiger partial charge >= 0.3 is 20.0 Å². The number of hydrogen-bond donors (Lipinski definition) is 2. The Labute approximate surface area is 221 Å². The molecule has 1 aliphatic rings. The number of halogens is 3. The summed E-state index contributed by atoms with van der Waals surface area (Å²) in [5.74, 6) is -1.64. The first-order valence-corrected chi connectivity index (χ1v) is 13.7. The molecule has 0 radical (unpaired) electrons. The second kappa shape index (κ2) is 13.6. The molecule has 1 fully saturated rings. The van der Waals surface area contributed by atoms with Gasteiger partial charge in [0.25, 0.3) is 0 Å². The summed E-state index contributed by atoms with van der Waals surface area (Å²) in [5.41, 5.74) is -2.09. The number of nitrogens with one attached hydrogen (secondary N) is 2. The van der Waals surface area contributed by atoms with Gasteiger partial charge in [-0.2, -0.15) is 13.2 Å². The minimum absolute atomic E-state index is 0.0444. The molecule has 2 amide bonds. The number of carbonyl (C=O) groups is 4. The van der Waals surface area contributed by atoms with Crippen LogP contribution in [0.4, 0.5) is 13.2 Å². The van der Waals surface area contributed by atoms with E-state index in [-0.39, 0.29) is 42.7 Å². The van der Waals surface area contributed by atoms with Crippen LogP contribution < -0.4 is 10.6 Å². The van der Waals surface area contributed by atoms with E-state index in [4.69, 9.17) is 18.3 Å². The molecule has 212 valence electrons. The van der Waals surface area contributed by atoms with Crippen molar-refractivity contribution in [2.24, 2.45) is 5.41 Å². The van der Waals surface area contributed by atoms with Crippen molar-refractivity contribution in [2.45, 2.75) is 39.5 Å². The van der Waals surface area contributed by atoms with Gasteiger partial charge in [0.1, 0.15) is 0 Å². The highest BCUT2D eigenvalue weighted by molar-refractivity contribution is 8.13. The number of phosphoric ester groups is 1. The zero-order chi connectivity index (χ0) is 28.6. The quantitative estimate of drug-likeness (QED) is 0.172. The molecular weight excluding hydrogens is 556 g/mol. The summed E-state index contributed by atoms with van der Waals surface area (Å²) < 4.78 is 70.9. The Kier molecular flexibility index (Phi) is 11.3. The number of benzene rings is 1. The van der Waals surface area contributed by atoms with Gasteiger partial charge in [0.05, 0.1) is 17.7 Å². The molecule has 2 atom stereocenters.